The zero-order valence-electron chi connectivity index (χ0n) is 24.9. The summed E-state index contributed by atoms with van der Waals surface area (Å²) in [5, 5.41) is 3.49. The van der Waals surface area contributed by atoms with E-state index in [9.17, 15) is 9.59 Å². The Morgan fingerprint density at radius 1 is 1.05 bits per heavy atom. The van der Waals surface area contributed by atoms with Crippen LogP contribution in [0.15, 0.2) is 47.7 Å². The molecule has 0 aliphatic carbocycles. The zero-order valence-corrected chi connectivity index (χ0v) is 25.7. The summed E-state index contributed by atoms with van der Waals surface area (Å²) in [4.78, 5) is 49.3. The summed E-state index contributed by atoms with van der Waals surface area (Å²) in [6.07, 6.45) is 7.44. The van der Waals surface area contributed by atoms with Crippen LogP contribution in [0.25, 0.3) is 17.1 Å². The maximum atomic E-state index is 13.4. The second-order valence-electron chi connectivity index (χ2n) is 11.1. The summed E-state index contributed by atoms with van der Waals surface area (Å²) in [7, 11) is 3.46. The van der Waals surface area contributed by atoms with Gasteiger partial charge in [0.15, 0.2) is 11.6 Å². The molecule has 3 aromatic heterocycles. The number of carbonyl (C=O) groups is 1. The number of anilines is 3. The Labute approximate surface area is 259 Å². The Morgan fingerprint density at radius 2 is 1.77 bits per heavy atom. The standard InChI is InChI=1S/C30H35ClN10O3/c1-18-26(30(43)41(38(18)2)24-7-5-4-6-21(24)31)29(42)35-19-8-11-39(12-9-19)28-27(32)34-15-23(37-28)22-14-33-16-25(36-22)40-13-10-20(17-40)44-3/h4-7,14-16,19-20H,8-13,17H2,1-3H3,(H2,32,34)(H,35,42). The molecule has 4 aromatic rings. The highest BCUT2D eigenvalue weighted by molar-refractivity contribution is 6.32. The number of methoxy groups -OCH3 is 1. The van der Waals surface area contributed by atoms with Crippen LogP contribution in [-0.4, -0.2) is 80.6 Å². The Kier molecular flexibility index (Phi) is 8.23. The number of amides is 1. The molecule has 0 radical (unpaired) electrons. The van der Waals surface area contributed by atoms with E-state index in [2.05, 4.69) is 25.1 Å². The molecular formula is C30H35ClN10O3. The number of hydrogen-bond acceptors (Lipinski definition) is 10. The first-order valence-electron chi connectivity index (χ1n) is 14.6. The van der Waals surface area contributed by atoms with E-state index in [0.717, 1.165) is 25.3 Å². The number of nitrogens with zero attached hydrogens (tertiary/aromatic N) is 8. The Balaban J connectivity index is 1.14. The number of aromatic nitrogens is 6. The number of ether oxygens (including phenoxy) is 1. The van der Waals surface area contributed by atoms with E-state index in [-0.39, 0.29) is 17.7 Å². The van der Waals surface area contributed by atoms with Gasteiger partial charge in [0.05, 0.1) is 41.1 Å². The summed E-state index contributed by atoms with van der Waals surface area (Å²) in [6, 6.07) is 6.93. The molecule has 1 atom stereocenters. The Hall–Kier alpha value is -4.49. The van der Waals surface area contributed by atoms with Crippen molar-refractivity contribution < 1.29 is 9.53 Å². The number of nitrogens with one attached hydrogen (secondary N) is 1. The summed E-state index contributed by atoms with van der Waals surface area (Å²) < 4.78 is 8.56. The summed E-state index contributed by atoms with van der Waals surface area (Å²) >= 11 is 6.35. The third-order valence-electron chi connectivity index (χ3n) is 8.46. The van der Waals surface area contributed by atoms with Crippen molar-refractivity contribution in [3.8, 4) is 17.1 Å². The van der Waals surface area contributed by atoms with Crippen molar-refractivity contribution in [3.05, 3.63) is 69.5 Å². The number of piperidine rings is 1. The Bertz CT molecular complexity index is 1750. The lowest BCUT2D eigenvalue weighted by Gasteiger charge is -2.33. The molecule has 1 amide bonds. The predicted molar refractivity (Wildman–Crippen MR) is 169 cm³/mol. The second kappa shape index (κ2) is 12.2. The molecule has 2 aliphatic rings. The van der Waals surface area contributed by atoms with Gasteiger partial charge in [-0.2, -0.15) is 0 Å². The van der Waals surface area contributed by atoms with E-state index in [1.807, 2.05) is 0 Å². The van der Waals surface area contributed by atoms with Crippen molar-refractivity contribution in [3.63, 3.8) is 0 Å². The van der Waals surface area contributed by atoms with Gasteiger partial charge in [-0.15, -0.1) is 0 Å². The number of benzene rings is 1. The average Bonchev–Trinajstić information content (AvgIpc) is 3.60. The van der Waals surface area contributed by atoms with Gasteiger partial charge in [0.25, 0.3) is 11.5 Å². The molecule has 2 fully saturated rings. The van der Waals surface area contributed by atoms with Gasteiger partial charge in [-0.1, -0.05) is 23.7 Å². The van der Waals surface area contributed by atoms with E-state index in [1.54, 1.807) is 68.6 Å². The Morgan fingerprint density at radius 3 is 2.50 bits per heavy atom. The molecular weight excluding hydrogens is 584 g/mol. The van der Waals surface area contributed by atoms with Crippen LogP contribution in [0.3, 0.4) is 0 Å². The van der Waals surface area contributed by atoms with Crippen LogP contribution >= 0.6 is 11.6 Å². The van der Waals surface area contributed by atoms with E-state index in [0.29, 0.717) is 65.4 Å². The van der Waals surface area contributed by atoms with Crippen molar-refractivity contribution in [2.75, 3.05) is 48.8 Å². The molecule has 13 nitrogen and oxygen atoms in total. The number of carbonyl (C=O) groups excluding carboxylic acids is 1. The van der Waals surface area contributed by atoms with Gasteiger partial charge < -0.3 is 25.6 Å². The van der Waals surface area contributed by atoms with Gasteiger partial charge in [0.2, 0.25) is 0 Å². The molecule has 6 rings (SSSR count). The van der Waals surface area contributed by atoms with Gasteiger partial charge in [0, 0.05) is 46.4 Å². The third kappa shape index (κ3) is 5.60. The molecule has 5 heterocycles. The van der Waals surface area contributed by atoms with Crippen LogP contribution in [-0.2, 0) is 11.8 Å². The maximum Gasteiger partial charge on any atom is 0.284 e. The van der Waals surface area contributed by atoms with Crippen molar-refractivity contribution in [1.82, 2.24) is 34.6 Å². The van der Waals surface area contributed by atoms with Gasteiger partial charge >= 0.3 is 0 Å². The van der Waals surface area contributed by atoms with Crippen LogP contribution in [0.2, 0.25) is 5.02 Å². The van der Waals surface area contributed by atoms with Crippen LogP contribution in [0.1, 0.15) is 35.3 Å². The summed E-state index contributed by atoms with van der Waals surface area (Å²) in [5.41, 5.74) is 8.22. The molecule has 3 N–H and O–H groups in total. The van der Waals surface area contributed by atoms with Gasteiger partial charge in [-0.3, -0.25) is 19.3 Å². The lowest BCUT2D eigenvalue weighted by atomic mass is 10.0. The minimum absolute atomic E-state index is 0.104. The van der Waals surface area contributed by atoms with Gasteiger partial charge in [-0.25, -0.2) is 19.6 Å². The fourth-order valence-electron chi connectivity index (χ4n) is 5.86. The molecule has 0 saturated carbocycles. The summed E-state index contributed by atoms with van der Waals surface area (Å²) in [5.74, 6) is 1.26. The fourth-order valence-corrected chi connectivity index (χ4v) is 6.08. The highest BCUT2D eigenvalue weighted by Gasteiger charge is 2.28. The number of nitrogen functional groups attached to an aromatic ring is 1. The van der Waals surface area contributed by atoms with Crippen LogP contribution in [0, 0.1) is 6.92 Å². The third-order valence-corrected chi connectivity index (χ3v) is 8.78. The minimum atomic E-state index is -0.414. The quantitative estimate of drug-likeness (QED) is 0.316. The molecule has 44 heavy (non-hydrogen) atoms. The number of halogens is 1. The molecule has 1 unspecified atom stereocenters. The maximum absolute atomic E-state index is 13.4. The predicted octanol–water partition coefficient (Wildman–Crippen LogP) is 2.59. The monoisotopic (exact) mass is 618 g/mol. The first-order chi connectivity index (χ1) is 21.2. The van der Waals surface area contributed by atoms with E-state index >= 15 is 0 Å². The molecule has 14 heteroatoms. The molecule has 2 aliphatic heterocycles. The van der Waals surface area contributed by atoms with E-state index in [1.165, 1.54) is 4.68 Å². The van der Waals surface area contributed by atoms with Gasteiger partial charge in [0.1, 0.15) is 22.8 Å². The van der Waals surface area contributed by atoms with Crippen LogP contribution in [0.5, 0.6) is 0 Å². The molecule has 2 saturated heterocycles. The highest BCUT2D eigenvalue weighted by atomic mass is 35.5. The number of rotatable bonds is 7. The second-order valence-corrected chi connectivity index (χ2v) is 11.5. The lowest BCUT2D eigenvalue weighted by molar-refractivity contribution is 0.0929. The van der Waals surface area contributed by atoms with Crippen molar-refractivity contribution in [2.45, 2.75) is 38.3 Å². The van der Waals surface area contributed by atoms with Crippen molar-refractivity contribution in [2.24, 2.45) is 7.05 Å². The minimum Gasteiger partial charge on any atom is -0.381 e. The number of para-hydroxylation sites is 1. The number of nitrogens with two attached hydrogens (primary N) is 1. The molecule has 0 bridgehead atoms. The largest absolute Gasteiger partial charge is 0.381 e. The van der Waals surface area contributed by atoms with Crippen LogP contribution in [0.4, 0.5) is 17.5 Å². The highest BCUT2D eigenvalue weighted by Crippen LogP contribution is 2.27. The first kappa shape index (κ1) is 29.6. The van der Waals surface area contributed by atoms with Crippen LogP contribution < -0.4 is 26.4 Å². The zero-order chi connectivity index (χ0) is 31.0. The summed E-state index contributed by atoms with van der Waals surface area (Å²) in [6.45, 7) is 4.57. The molecule has 1 aromatic carbocycles. The lowest BCUT2D eigenvalue weighted by Crippen LogP contribution is -2.46. The first-order valence-corrected chi connectivity index (χ1v) is 14.9. The van der Waals surface area contributed by atoms with Crippen molar-refractivity contribution in [1.29, 1.82) is 0 Å². The molecule has 0 spiro atoms. The SMILES string of the molecule is COC1CCN(c2cncc(-c3cnc(N)c(N4CCC(NC(=O)c5c(C)n(C)n(-c6ccccc6Cl)c5=O)CC4)n3)n2)C1. The normalized spacial score (nSPS) is 17.3. The average molecular weight is 619 g/mol. The van der Waals surface area contributed by atoms with E-state index in [4.69, 9.17) is 32.0 Å². The van der Waals surface area contributed by atoms with Crippen molar-refractivity contribution >= 4 is 35.0 Å². The smallest absolute Gasteiger partial charge is 0.284 e. The molecule has 230 valence electrons. The topological polar surface area (TPSA) is 149 Å². The van der Waals surface area contributed by atoms with E-state index < -0.39 is 11.5 Å². The number of hydrogen-bond donors (Lipinski definition) is 2. The van der Waals surface area contributed by atoms with Gasteiger partial charge in [-0.05, 0) is 38.3 Å². The fraction of sp³-hybridized carbons (Fsp3) is 0.400.